The van der Waals surface area contributed by atoms with E-state index in [9.17, 15) is 0 Å². The predicted molar refractivity (Wildman–Crippen MR) is 37.9 cm³/mol. The molecule has 0 aliphatic carbocycles. The minimum atomic E-state index is -0.558. The average Bonchev–Trinajstić information content (AvgIpc) is 1.93. The molecule has 0 radical (unpaired) electrons. The smallest absolute Gasteiger partial charge is 0.212 e. The van der Waals surface area contributed by atoms with Crippen LogP contribution in [0.15, 0.2) is 16.9 Å². The first-order valence-electron chi connectivity index (χ1n) is 2.71. The van der Waals surface area contributed by atoms with E-state index >= 15 is 0 Å². The first-order chi connectivity index (χ1) is 4.63. The minimum absolute atomic E-state index is 0.168. The summed E-state index contributed by atoms with van der Waals surface area (Å²) in [5, 5.41) is 1.11. The van der Waals surface area contributed by atoms with Gasteiger partial charge in [0.05, 0.1) is 11.9 Å². The molecule has 0 fully saturated rings. The Kier molecular flexibility index (Phi) is 1.48. The summed E-state index contributed by atoms with van der Waals surface area (Å²) in [6.45, 7) is 0. The fourth-order valence-corrected chi connectivity index (χ4v) is 0.587. The van der Waals surface area contributed by atoms with Crippen LogP contribution in [-0.2, 0) is 0 Å². The van der Waals surface area contributed by atoms with Gasteiger partial charge in [0.1, 0.15) is 6.17 Å². The van der Waals surface area contributed by atoms with Gasteiger partial charge in [-0.15, -0.1) is 0 Å². The number of aliphatic imine (C=N–C) groups is 1. The van der Waals surface area contributed by atoms with Crippen molar-refractivity contribution in [2.75, 3.05) is 0 Å². The lowest BCUT2D eigenvalue weighted by Gasteiger charge is -2.27. The molecule has 6 heteroatoms. The number of hydrogen-bond donors (Lipinski definition) is 4. The summed E-state index contributed by atoms with van der Waals surface area (Å²) in [6.07, 6.45) is 0.834. The van der Waals surface area contributed by atoms with Crippen LogP contribution in [0.25, 0.3) is 0 Å². The van der Waals surface area contributed by atoms with Crippen LogP contribution in [0.5, 0.6) is 0 Å². The Labute approximate surface area is 58.1 Å². The number of guanidine groups is 1. The summed E-state index contributed by atoms with van der Waals surface area (Å²) < 4.78 is 0. The highest BCUT2D eigenvalue weighted by atomic mass is 15.5. The highest BCUT2D eigenvalue weighted by Gasteiger charge is 2.17. The summed E-state index contributed by atoms with van der Waals surface area (Å²) in [7, 11) is 0. The first kappa shape index (κ1) is 6.84. The average molecular weight is 142 g/mol. The Morgan fingerprint density at radius 2 is 2.10 bits per heavy atom. The van der Waals surface area contributed by atoms with Crippen molar-refractivity contribution in [3.63, 3.8) is 0 Å². The number of nitrogens with two attached hydrogens (primary N) is 4. The molecule has 0 aromatic carbocycles. The van der Waals surface area contributed by atoms with Gasteiger partial charge < -0.3 is 17.2 Å². The van der Waals surface area contributed by atoms with E-state index in [2.05, 4.69) is 4.99 Å². The topological polar surface area (TPSA) is 120 Å². The summed E-state index contributed by atoms with van der Waals surface area (Å²) in [4.78, 5) is 3.67. The van der Waals surface area contributed by atoms with Crippen LogP contribution in [0.1, 0.15) is 0 Å². The van der Waals surface area contributed by atoms with Gasteiger partial charge in [-0.25, -0.2) is 10.8 Å². The zero-order valence-electron chi connectivity index (χ0n) is 5.36. The van der Waals surface area contributed by atoms with Gasteiger partial charge in [0.2, 0.25) is 5.96 Å². The van der Waals surface area contributed by atoms with Gasteiger partial charge in [-0.2, -0.15) is 0 Å². The highest BCUT2D eigenvalue weighted by molar-refractivity contribution is 5.79. The van der Waals surface area contributed by atoms with Crippen molar-refractivity contribution in [1.82, 2.24) is 5.01 Å². The Bertz CT molecular complexity index is 172. The second-order valence-corrected chi connectivity index (χ2v) is 1.97. The lowest BCUT2D eigenvalue weighted by molar-refractivity contribution is 0.353. The molecule has 56 valence electrons. The van der Waals surface area contributed by atoms with Crippen molar-refractivity contribution >= 4 is 5.96 Å². The van der Waals surface area contributed by atoms with Crippen molar-refractivity contribution < 1.29 is 0 Å². The van der Waals surface area contributed by atoms with E-state index in [1.807, 2.05) is 0 Å². The fraction of sp³-hybridized carbons (Fsp3) is 0.250. The number of nitrogens with zero attached hydrogens (tertiary/aromatic N) is 2. The highest BCUT2D eigenvalue weighted by Crippen LogP contribution is 2.00. The minimum Gasteiger partial charge on any atom is -0.398 e. The van der Waals surface area contributed by atoms with Gasteiger partial charge >= 0.3 is 0 Å². The number of rotatable bonds is 0. The van der Waals surface area contributed by atoms with Crippen molar-refractivity contribution in [1.29, 1.82) is 0 Å². The van der Waals surface area contributed by atoms with Gasteiger partial charge in [0, 0.05) is 0 Å². The molecule has 0 amide bonds. The third-order valence-electron chi connectivity index (χ3n) is 1.25. The molecule has 1 aliphatic rings. The largest absolute Gasteiger partial charge is 0.398 e. The molecule has 1 atom stereocenters. The van der Waals surface area contributed by atoms with Crippen molar-refractivity contribution in [3.8, 4) is 0 Å². The van der Waals surface area contributed by atoms with E-state index in [1.165, 1.54) is 6.20 Å². The molecule has 10 heavy (non-hydrogen) atoms. The fourth-order valence-electron chi connectivity index (χ4n) is 0.587. The van der Waals surface area contributed by atoms with E-state index in [4.69, 9.17) is 23.0 Å². The molecule has 1 heterocycles. The van der Waals surface area contributed by atoms with Crippen LogP contribution < -0.4 is 23.0 Å². The van der Waals surface area contributed by atoms with Gasteiger partial charge in [0.15, 0.2) is 0 Å². The van der Waals surface area contributed by atoms with E-state index in [0.29, 0.717) is 5.70 Å². The zero-order valence-corrected chi connectivity index (χ0v) is 5.36. The van der Waals surface area contributed by atoms with Crippen LogP contribution in [0, 0.1) is 0 Å². The maximum atomic E-state index is 5.46. The van der Waals surface area contributed by atoms with E-state index in [1.54, 1.807) is 0 Å². The predicted octanol–water partition coefficient (Wildman–Crippen LogP) is -2.42. The van der Waals surface area contributed by atoms with Crippen LogP contribution in [0.2, 0.25) is 0 Å². The van der Waals surface area contributed by atoms with E-state index in [0.717, 1.165) is 5.01 Å². The SMILES string of the molecule is NC1=CN=C(N)N(N)C1N. The quantitative estimate of drug-likeness (QED) is 0.280. The maximum absolute atomic E-state index is 5.46. The number of hydrazine groups is 1. The molecular weight excluding hydrogens is 132 g/mol. The molecule has 0 saturated heterocycles. The summed E-state index contributed by atoms with van der Waals surface area (Å²) in [5.41, 5.74) is 16.5. The maximum Gasteiger partial charge on any atom is 0.212 e. The molecule has 0 spiro atoms. The summed E-state index contributed by atoms with van der Waals surface area (Å²) in [5.74, 6) is 5.51. The normalized spacial score (nSPS) is 25.8. The molecule has 0 aromatic rings. The standard InChI is InChI=1S/C4H10N6/c5-2-1-9-4(7)10(8)3(2)6/h1,3H,5-6,8H2,(H2,7,9). The third-order valence-corrected chi connectivity index (χ3v) is 1.25. The molecule has 1 unspecified atom stereocenters. The lowest BCUT2D eigenvalue weighted by atomic mass is 10.3. The third kappa shape index (κ3) is 0.893. The molecule has 6 nitrogen and oxygen atoms in total. The van der Waals surface area contributed by atoms with Gasteiger partial charge in [0.25, 0.3) is 0 Å². The van der Waals surface area contributed by atoms with E-state index < -0.39 is 6.17 Å². The molecule has 1 rings (SSSR count). The van der Waals surface area contributed by atoms with Crippen molar-refractivity contribution in [2.24, 2.45) is 28.0 Å². The zero-order chi connectivity index (χ0) is 7.72. The molecule has 0 saturated carbocycles. The molecule has 1 aliphatic heterocycles. The van der Waals surface area contributed by atoms with Crippen LogP contribution >= 0.6 is 0 Å². The monoisotopic (exact) mass is 142 g/mol. The lowest BCUT2D eigenvalue weighted by Crippen LogP contribution is -2.56. The summed E-state index contributed by atoms with van der Waals surface area (Å²) in [6, 6.07) is 0. The summed E-state index contributed by atoms with van der Waals surface area (Å²) >= 11 is 0. The Balaban J connectivity index is 2.86. The van der Waals surface area contributed by atoms with Crippen LogP contribution in [0.4, 0.5) is 0 Å². The Hall–Kier alpha value is -1.27. The molecule has 0 aromatic heterocycles. The van der Waals surface area contributed by atoms with Gasteiger partial charge in [-0.05, 0) is 0 Å². The Morgan fingerprint density at radius 3 is 2.60 bits per heavy atom. The van der Waals surface area contributed by atoms with Gasteiger partial charge in [-0.1, -0.05) is 0 Å². The molecule has 0 bridgehead atoms. The second kappa shape index (κ2) is 2.16. The van der Waals surface area contributed by atoms with E-state index in [-0.39, 0.29) is 5.96 Å². The second-order valence-electron chi connectivity index (χ2n) is 1.97. The van der Waals surface area contributed by atoms with Crippen molar-refractivity contribution in [3.05, 3.63) is 11.9 Å². The number of hydrogen-bond acceptors (Lipinski definition) is 6. The molecule has 8 N–H and O–H groups in total. The van der Waals surface area contributed by atoms with Crippen LogP contribution in [-0.4, -0.2) is 17.1 Å². The molecular formula is C4H10N6. The van der Waals surface area contributed by atoms with Crippen molar-refractivity contribution in [2.45, 2.75) is 6.17 Å². The van der Waals surface area contributed by atoms with Crippen LogP contribution in [0.3, 0.4) is 0 Å². The Morgan fingerprint density at radius 1 is 1.50 bits per heavy atom. The van der Waals surface area contributed by atoms with Gasteiger partial charge in [-0.3, -0.25) is 5.01 Å². The first-order valence-corrected chi connectivity index (χ1v) is 2.71.